The summed E-state index contributed by atoms with van der Waals surface area (Å²) in [5, 5.41) is 3.49. The number of nitrogens with one attached hydrogen (secondary N) is 1. The molecule has 1 aliphatic rings. The first-order valence-electron chi connectivity index (χ1n) is 10.3. The first-order valence-corrected chi connectivity index (χ1v) is 11.5. The van der Waals surface area contributed by atoms with E-state index in [1.807, 2.05) is 21.9 Å². The molecule has 1 aromatic heterocycles. The molecule has 2 heterocycles. The molecule has 0 spiro atoms. The minimum absolute atomic E-state index is 0.195. The van der Waals surface area contributed by atoms with Gasteiger partial charge in [-0.3, -0.25) is 19.4 Å². The standard InChI is InChI=1S/C22H26ClN3O5S/c1-3-31-22(29)21-17(12-18(32-21)15-4-6-16(23)7-5-15)24-19(27)13-25-8-10-26(11-9-25)14-20(28)30-2/h4-7,12H,3,8-11,13-14H2,1-2H3,(H,24,27). The summed E-state index contributed by atoms with van der Waals surface area (Å²) >= 11 is 7.24. The number of anilines is 1. The Morgan fingerprint density at radius 3 is 2.28 bits per heavy atom. The molecule has 0 unspecified atom stereocenters. The molecule has 0 bridgehead atoms. The van der Waals surface area contributed by atoms with Gasteiger partial charge in [0.15, 0.2) is 0 Å². The molecule has 32 heavy (non-hydrogen) atoms. The zero-order valence-electron chi connectivity index (χ0n) is 18.1. The number of piperazine rings is 1. The lowest BCUT2D eigenvalue weighted by Crippen LogP contribution is -2.49. The van der Waals surface area contributed by atoms with E-state index in [0.29, 0.717) is 41.8 Å². The van der Waals surface area contributed by atoms with Crippen LogP contribution < -0.4 is 5.32 Å². The van der Waals surface area contributed by atoms with Gasteiger partial charge < -0.3 is 14.8 Å². The highest BCUT2D eigenvalue weighted by molar-refractivity contribution is 7.18. The van der Waals surface area contributed by atoms with Crippen molar-refractivity contribution in [1.82, 2.24) is 9.80 Å². The normalized spacial score (nSPS) is 14.7. The maximum atomic E-state index is 12.7. The molecular formula is C22H26ClN3O5S. The van der Waals surface area contributed by atoms with Crippen LogP contribution in [-0.4, -0.2) is 80.6 Å². The fraction of sp³-hybridized carbons (Fsp3) is 0.409. The Hall–Kier alpha value is -2.46. The molecule has 3 rings (SSSR count). The average molecular weight is 480 g/mol. The third-order valence-electron chi connectivity index (χ3n) is 5.01. The molecule has 1 fully saturated rings. The van der Waals surface area contributed by atoms with Crippen LogP contribution >= 0.6 is 22.9 Å². The molecule has 1 aromatic carbocycles. The minimum atomic E-state index is -0.468. The van der Waals surface area contributed by atoms with Crippen LogP contribution in [0.15, 0.2) is 30.3 Å². The minimum Gasteiger partial charge on any atom is -0.468 e. The highest BCUT2D eigenvalue weighted by atomic mass is 35.5. The summed E-state index contributed by atoms with van der Waals surface area (Å²) in [6.45, 7) is 5.11. The monoisotopic (exact) mass is 479 g/mol. The van der Waals surface area contributed by atoms with Crippen LogP contribution in [0.2, 0.25) is 5.02 Å². The quantitative estimate of drug-likeness (QED) is 0.582. The lowest BCUT2D eigenvalue weighted by atomic mass is 10.2. The molecule has 1 aliphatic heterocycles. The Labute approximate surface area is 196 Å². The van der Waals surface area contributed by atoms with Crippen molar-refractivity contribution in [1.29, 1.82) is 0 Å². The fourth-order valence-corrected chi connectivity index (χ4v) is 4.47. The Kier molecular flexibility index (Phi) is 8.63. The van der Waals surface area contributed by atoms with E-state index in [1.54, 1.807) is 25.1 Å². The van der Waals surface area contributed by atoms with Gasteiger partial charge in [0.25, 0.3) is 0 Å². The zero-order chi connectivity index (χ0) is 23.1. The predicted octanol–water partition coefficient (Wildman–Crippen LogP) is 2.97. The highest BCUT2D eigenvalue weighted by Gasteiger charge is 2.23. The second-order valence-corrected chi connectivity index (χ2v) is 8.75. The van der Waals surface area contributed by atoms with Crippen molar-refractivity contribution in [2.45, 2.75) is 6.92 Å². The van der Waals surface area contributed by atoms with Crippen molar-refractivity contribution in [3.8, 4) is 10.4 Å². The van der Waals surface area contributed by atoms with Gasteiger partial charge in [-0.2, -0.15) is 0 Å². The van der Waals surface area contributed by atoms with Crippen LogP contribution in [0.25, 0.3) is 10.4 Å². The first kappa shape index (κ1) is 24.2. The van der Waals surface area contributed by atoms with Gasteiger partial charge in [-0.05, 0) is 30.7 Å². The number of thiophene rings is 1. The number of esters is 2. The number of methoxy groups -OCH3 is 1. The average Bonchev–Trinajstić information content (AvgIpc) is 3.19. The number of hydrogen-bond donors (Lipinski definition) is 1. The number of amides is 1. The summed E-state index contributed by atoms with van der Waals surface area (Å²) in [4.78, 5) is 41.8. The number of hydrogen-bond acceptors (Lipinski definition) is 8. The predicted molar refractivity (Wildman–Crippen MR) is 124 cm³/mol. The fourth-order valence-electron chi connectivity index (χ4n) is 3.33. The second kappa shape index (κ2) is 11.4. The number of rotatable bonds is 8. The third kappa shape index (κ3) is 6.52. The van der Waals surface area contributed by atoms with E-state index in [2.05, 4.69) is 5.32 Å². The largest absolute Gasteiger partial charge is 0.468 e. The summed E-state index contributed by atoms with van der Waals surface area (Å²) in [6.07, 6.45) is 0. The van der Waals surface area contributed by atoms with Gasteiger partial charge in [-0.25, -0.2) is 4.79 Å². The number of benzene rings is 1. The second-order valence-electron chi connectivity index (χ2n) is 7.26. The molecule has 10 heteroatoms. The van der Waals surface area contributed by atoms with Gasteiger partial charge in [0.05, 0.1) is 32.5 Å². The lowest BCUT2D eigenvalue weighted by Gasteiger charge is -2.33. The molecule has 172 valence electrons. The Bertz CT molecular complexity index is 955. The van der Waals surface area contributed by atoms with E-state index in [9.17, 15) is 14.4 Å². The maximum absolute atomic E-state index is 12.7. The third-order valence-corrected chi connectivity index (χ3v) is 6.42. The Morgan fingerprint density at radius 1 is 1.06 bits per heavy atom. The van der Waals surface area contributed by atoms with Crippen molar-refractivity contribution in [3.05, 3.63) is 40.2 Å². The van der Waals surface area contributed by atoms with Crippen molar-refractivity contribution >= 4 is 46.5 Å². The van der Waals surface area contributed by atoms with Crippen LogP contribution in [0.3, 0.4) is 0 Å². The number of ether oxygens (including phenoxy) is 2. The number of halogens is 1. The van der Waals surface area contributed by atoms with Gasteiger partial charge in [0.2, 0.25) is 5.91 Å². The number of nitrogens with zero attached hydrogens (tertiary/aromatic N) is 2. The molecule has 1 amide bonds. The van der Waals surface area contributed by atoms with E-state index < -0.39 is 5.97 Å². The van der Waals surface area contributed by atoms with Crippen LogP contribution in [0.1, 0.15) is 16.6 Å². The number of carbonyl (C=O) groups is 3. The van der Waals surface area contributed by atoms with E-state index >= 15 is 0 Å². The van der Waals surface area contributed by atoms with Gasteiger partial charge in [0, 0.05) is 36.1 Å². The molecule has 0 atom stereocenters. The summed E-state index contributed by atoms with van der Waals surface area (Å²) in [7, 11) is 1.37. The van der Waals surface area contributed by atoms with Crippen molar-refractivity contribution in [2.24, 2.45) is 0 Å². The van der Waals surface area contributed by atoms with E-state index in [1.165, 1.54) is 18.4 Å². The number of carbonyl (C=O) groups excluding carboxylic acids is 3. The lowest BCUT2D eigenvalue weighted by molar-refractivity contribution is -0.142. The summed E-state index contributed by atoms with van der Waals surface area (Å²) in [5.74, 6) is -0.946. The van der Waals surface area contributed by atoms with Crippen LogP contribution in [0.5, 0.6) is 0 Å². The smallest absolute Gasteiger partial charge is 0.350 e. The summed E-state index contributed by atoms with van der Waals surface area (Å²) in [5.41, 5.74) is 1.33. The highest BCUT2D eigenvalue weighted by Crippen LogP contribution is 2.36. The van der Waals surface area contributed by atoms with E-state index in [0.717, 1.165) is 10.4 Å². The Balaban J connectivity index is 1.65. The van der Waals surface area contributed by atoms with Crippen molar-refractivity contribution in [2.75, 3.05) is 58.3 Å². The maximum Gasteiger partial charge on any atom is 0.350 e. The van der Waals surface area contributed by atoms with Crippen molar-refractivity contribution < 1.29 is 23.9 Å². The molecule has 2 aromatic rings. The van der Waals surface area contributed by atoms with Gasteiger partial charge in [-0.1, -0.05) is 23.7 Å². The summed E-state index contributed by atoms with van der Waals surface area (Å²) < 4.78 is 9.86. The van der Waals surface area contributed by atoms with Gasteiger partial charge >= 0.3 is 11.9 Å². The topological polar surface area (TPSA) is 88.2 Å². The molecule has 8 nitrogen and oxygen atoms in total. The molecule has 0 saturated carbocycles. The molecule has 1 N–H and O–H groups in total. The van der Waals surface area contributed by atoms with Crippen LogP contribution in [0.4, 0.5) is 5.69 Å². The molecule has 0 radical (unpaired) electrons. The molecule has 0 aliphatic carbocycles. The molecular weight excluding hydrogens is 454 g/mol. The summed E-state index contributed by atoms with van der Waals surface area (Å²) in [6, 6.07) is 9.06. The van der Waals surface area contributed by atoms with Gasteiger partial charge in [0.1, 0.15) is 4.88 Å². The van der Waals surface area contributed by atoms with E-state index in [4.69, 9.17) is 21.1 Å². The van der Waals surface area contributed by atoms with Crippen LogP contribution in [0, 0.1) is 0 Å². The zero-order valence-corrected chi connectivity index (χ0v) is 19.6. The van der Waals surface area contributed by atoms with Crippen LogP contribution in [-0.2, 0) is 19.1 Å². The SMILES string of the molecule is CCOC(=O)c1sc(-c2ccc(Cl)cc2)cc1NC(=O)CN1CCN(CC(=O)OC)CC1. The van der Waals surface area contributed by atoms with Gasteiger partial charge in [-0.15, -0.1) is 11.3 Å². The molecule has 1 saturated heterocycles. The first-order chi connectivity index (χ1) is 15.4. The van der Waals surface area contributed by atoms with Crippen molar-refractivity contribution in [3.63, 3.8) is 0 Å². The Morgan fingerprint density at radius 2 is 1.69 bits per heavy atom. The van der Waals surface area contributed by atoms with E-state index in [-0.39, 0.29) is 31.6 Å².